The van der Waals surface area contributed by atoms with Gasteiger partial charge < -0.3 is 14.8 Å². The lowest BCUT2D eigenvalue weighted by Crippen LogP contribution is -2.21. The molecule has 1 aromatic carbocycles. The van der Waals surface area contributed by atoms with Gasteiger partial charge in [0.1, 0.15) is 5.75 Å². The number of hydrogen-bond donors (Lipinski definition) is 1. The molecule has 0 amide bonds. The Labute approximate surface area is 107 Å². The summed E-state index contributed by atoms with van der Waals surface area (Å²) in [5.74, 6) is 0.765. The zero-order valence-corrected chi connectivity index (χ0v) is 10.9. The summed E-state index contributed by atoms with van der Waals surface area (Å²) >= 11 is 0. The minimum Gasteiger partial charge on any atom is -0.493 e. The molecule has 1 atom stereocenters. The highest BCUT2D eigenvalue weighted by atomic mass is 16.5. The Balaban J connectivity index is 2.18. The van der Waals surface area contributed by atoms with Gasteiger partial charge in [0.15, 0.2) is 0 Å². The van der Waals surface area contributed by atoms with Crippen molar-refractivity contribution < 1.29 is 14.3 Å². The second-order valence-corrected chi connectivity index (χ2v) is 4.44. The molecule has 1 N–H and O–H groups in total. The van der Waals surface area contributed by atoms with Crippen LogP contribution in [0.1, 0.15) is 30.0 Å². The van der Waals surface area contributed by atoms with Gasteiger partial charge in [-0.1, -0.05) is 12.1 Å². The molecule has 0 aliphatic carbocycles. The van der Waals surface area contributed by atoms with Crippen LogP contribution in [0.5, 0.6) is 5.75 Å². The van der Waals surface area contributed by atoms with Gasteiger partial charge in [-0.05, 0) is 37.1 Å². The highest BCUT2D eigenvalue weighted by molar-refractivity contribution is 5.70. The van der Waals surface area contributed by atoms with Crippen molar-refractivity contribution in [2.45, 2.75) is 25.3 Å². The predicted molar refractivity (Wildman–Crippen MR) is 68.7 cm³/mol. The molecule has 18 heavy (non-hydrogen) atoms. The third-order valence-electron chi connectivity index (χ3n) is 3.28. The summed E-state index contributed by atoms with van der Waals surface area (Å²) in [4.78, 5) is 11.4. The number of fused-ring (bicyclic) bond motifs is 1. The minimum absolute atomic E-state index is 0.00956. The fraction of sp³-hybridized carbons (Fsp3) is 0.500. The van der Waals surface area contributed by atoms with Crippen LogP contribution in [0.4, 0.5) is 0 Å². The van der Waals surface area contributed by atoms with Crippen LogP contribution in [0.2, 0.25) is 0 Å². The van der Waals surface area contributed by atoms with Crippen LogP contribution in [0.3, 0.4) is 0 Å². The largest absolute Gasteiger partial charge is 0.493 e. The first-order valence-electron chi connectivity index (χ1n) is 6.24. The van der Waals surface area contributed by atoms with E-state index in [2.05, 4.69) is 11.4 Å². The van der Waals surface area contributed by atoms with Crippen molar-refractivity contribution in [2.75, 3.05) is 20.8 Å². The van der Waals surface area contributed by atoms with Crippen molar-refractivity contribution >= 4 is 5.97 Å². The van der Waals surface area contributed by atoms with E-state index in [9.17, 15) is 4.79 Å². The van der Waals surface area contributed by atoms with Crippen molar-refractivity contribution in [1.82, 2.24) is 5.32 Å². The maximum Gasteiger partial charge on any atom is 0.307 e. The summed E-state index contributed by atoms with van der Waals surface area (Å²) in [6.07, 6.45) is 2.43. The van der Waals surface area contributed by atoms with E-state index in [1.165, 1.54) is 12.7 Å². The Kier molecular flexibility index (Phi) is 4.20. The number of nitrogens with one attached hydrogen (secondary N) is 1. The molecule has 0 saturated heterocycles. The molecule has 0 radical (unpaired) electrons. The molecule has 0 fully saturated rings. The molecule has 1 aliphatic rings. The lowest BCUT2D eigenvalue weighted by molar-refractivity contribution is -0.141. The van der Waals surface area contributed by atoms with Gasteiger partial charge in [0.2, 0.25) is 0 Å². The van der Waals surface area contributed by atoms with Crippen LogP contribution in [0, 0.1) is 0 Å². The average Bonchev–Trinajstić information content (AvgIpc) is 2.44. The second kappa shape index (κ2) is 5.87. The molecule has 0 aromatic heterocycles. The van der Waals surface area contributed by atoms with E-state index in [1.807, 2.05) is 19.2 Å². The molecule has 1 unspecified atom stereocenters. The monoisotopic (exact) mass is 249 g/mol. The van der Waals surface area contributed by atoms with Crippen molar-refractivity contribution in [2.24, 2.45) is 0 Å². The maximum absolute atomic E-state index is 11.4. The lowest BCUT2D eigenvalue weighted by Gasteiger charge is -2.21. The molecule has 0 saturated carbocycles. The molecular weight excluding hydrogens is 230 g/mol. The Morgan fingerprint density at radius 3 is 3.11 bits per heavy atom. The predicted octanol–water partition coefficient (Wildman–Crippen LogP) is 1.84. The van der Waals surface area contributed by atoms with E-state index in [0.717, 1.165) is 30.8 Å². The Bertz CT molecular complexity index is 431. The number of benzene rings is 1. The Hall–Kier alpha value is -1.55. The molecule has 4 nitrogen and oxygen atoms in total. The SMILES string of the molecule is CNC(CC(=O)OC)c1ccc2c(c1)CCCO2. The third kappa shape index (κ3) is 2.82. The zero-order chi connectivity index (χ0) is 13.0. The molecule has 0 spiro atoms. The number of esters is 1. The highest BCUT2D eigenvalue weighted by Crippen LogP contribution is 2.28. The van der Waals surface area contributed by atoms with Gasteiger partial charge in [-0.3, -0.25) is 4.79 Å². The van der Waals surface area contributed by atoms with Gasteiger partial charge in [-0.25, -0.2) is 0 Å². The van der Waals surface area contributed by atoms with Crippen LogP contribution in [-0.4, -0.2) is 26.7 Å². The van der Waals surface area contributed by atoms with E-state index in [4.69, 9.17) is 9.47 Å². The second-order valence-electron chi connectivity index (χ2n) is 4.44. The van der Waals surface area contributed by atoms with E-state index in [0.29, 0.717) is 6.42 Å². The van der Waals surface area contributed by atoms with E-state index in [-0.39, 0.29) is 12.0 Å². The molecular formula is C14H19NO3. The molecule has 0 bridgehead atoms. The highest BCUT2D eigenvalue weighted by Gasteiger charge is 2.17. The normalized spacial score (nSPS) is 15.4. The summed E-state index contributed by atoms with van der Waals surface area (Å²) in [6.45, 7) is 0.796. The molecule has 1 aliphatic heterocycles. The number of hydrogen-bond acceptors (Lipinski definition) is 4. The molecule has 1 aromatic rings. The summed E-state index contributed by atoms with van der Waals surface area (Å²) in [6, 6.07) is 6.11. The maximum atomic E-state index is 11.4. The zero-order valence-electron chi connectivity index (χ0n) is 10.9. The smallest absolute Gasteiger partial charge is 0.307 e. The van der Waals surface area contributed by atoms with Crippen molar-refractivity contribution in [1.29, 1.82) is 0 Å². The topological polar surface area (TPSA) is 47.6 Å². The number of rotatable bonds is 4. The van der Waals surface area contributed by atoms with Crippen LogP contribution in [0.25, 0.3) is 0 Å². The number of aryl methyl sites for hydroxylation is 1. The van der Waals surface area contributed by atoms with Crippen molar-refractivity contribution in [3.05, 3.63) is 29.3 Å². The summed E-state index contributed by atoms with van der Waals surface area (Å²) < 4.78 is 10.3. The summed E-state index contributed by atoms with van der Waals surface area (Å²) in [5.41, 5.74) is 2.33. The van der Waals surface area contributed by atoms with Crippen LogP contribution < -0.4 is 10.1 Å². The van der Waals surface area contributed by atoms with Gasteiger partial charge in [-0.2, -0.15) is 0 Å². The van der Waals surface area contributed by atoms with Gasteiger partial charge >= 0.3 is 5.97 Å². The lowest BCUT2D eigenvalue weighted by atomic mass is 9.98. The van der Waals surface area contributed by atoms with Gasteiger partial charge in [0.05, 0.1) is 20.1 Å². The van der Waals surface area contributed by atoms with Crippen LogP contribution >= 0.6 is 0 Å². The first kappa shape index (κ1) is 12.9. The standard InChI is InChI=1S/C14H19NO3/c1-15-12(9-14(16)17-2)10-5-6-13-11(8-10)4-3-7-18-13/h5-6,8,12,15H,3-4,7,9H2,1-2H3. The van der Waals surface area contributed by atoms with Crippen molar-refractivity contribution in [3.63, 3.8) is 0 Å². The first-order chi connectivity index (χ1) is 8.74. The molecule has 1 heterocycles. The number of ether oxygens (including phenoxy) is 2. The number of carbonyl (C=O) groups is 1. The summed E-state index contributed by atoms with van der Waals surface area (Å²) in [5, 5.41) is 3.15. The van der Waals surface area contributed by atoms with E-state index in [1.54, 1.807) is 0 Å². The Morgan fingerprint density at radius 1 is 1.56 bits per heavy atom. The fourth-order valence-electron chi connectivity index (χ4n) is 2.23. The quantitative estimate of drug-likeness (QED) is 0.827. The Morgan fingerprint density at radius 2 is 2.39 bits per heavy atom. The minimum atomic E-state index is -0.205. The molecule has 4 heteroatoms. The molecule has 98 valence electrons. The fourth-order valence-corrected chi connectivity index (χ4v) is 2.23. The number of methoxy groups -OCH3 is 1. The van der Waals surface area contributed by atoms with Crippen molar-refractivity contribution in [3.8, 4) is 5.75 Å². The van der Waals surface area contributed by atoms with Crippen LogP contribution in [-0.2, 0) is 16.0 Å². The van der Waals surface area contributed by atoms with Crippen LogP contribution in [0.15, 0.2) is 18.2 Å². The van der Waals surface area contributed by atoms with Gasteiger partial charge in [0, 0.05) is 6.04 Å². The first-order valence-corrected chi connectivity index (χ1v) is 6.24. The van der Waals surface area contributed by atoms with E-state index < -0.39 is 0 Å². The van der Waals surface area contributed by atoms with Gasteiger partial charge in [0.25, 0.3) is 0 Å². The average molecular weight is 249 g/mol. The van der Waals surface area contributed by atoms with E-state index >= 15 is 0 Å². The summed E-state index contributed by atoms with van der Waals surface area (Å²) in [7, 11) is 3.26. The number of carbonyl (C=O) groups excluding carboxylic acids is 1. The third-order valence-corrected chi connectivity index (χ3v) is 3.28. The molecule has 2 rings (SSSR count). The van der Waals surface area contributed by atoms with Gasteiger partial charge in [-0.15, -0.1) is 0 Å².